The van der Waals surface area contributed by atoms with E-state index >= 15 is 0 Å². The van der Waals surface area contributed by atoms with E-state index in [0.717, 1.165) is 43.5 Å². The average Bonchev–Trinajstić information content (AvgIpc) is 3.63. The predicted octanol–water partition coefficient (Wildman–Crippen LogP) is 5.03. The molecule has 2 aromatic carbocycles. The van der Waals surface area contributed by atoms with Gasteiger partial charge in [-0.25, -0.2) is 0 Å². The van der Waals surface area contributed by atoms with Crippen molar-refractivity contribution in [1.29, 1.82) is 0 Å². The van der Waals surface area contributed by atoms with E-state index in [1.807, 2.05) is 29.2 Å². The molecule has 3 heterocycles. The van der Waals surface area contributed by atoms with Crippen molar-refractivity contribution in [1.82, 2.24) is 24.9 Å². The van der Waals surface area contributed by atoms with E-state index in [1.54, 1.807) is 57.6 Å². The normalized spacial score (nSPS) is 17.7. The number of carbonyl (C=O) groups is 4. The minimum atomic E-state index is -0.229. The minimum Gasteiger partial charge on any atom is -0.493 e. The molecule has 3 saturated heterocycles. The molecule has 0 spiro atoms. The molecular formula is C39H47N5O8S4. The van der Waals surface area contributed by atoms with Crippen molar-refractivity contribution in [3.8, 4) is 23.0 Å². The van der Waals surface area contributed by atoms with Gasteiger partial charge in [-0.3, -0.25) is 33.9 Å². The summed E-state index contributed by atoms with van der Waals surface area (Å²) < 4.78 is 22.3. The fourth-order valence-electron chi connectivity index (χ4n) is 6.33. The van der Waals surface area contributed by atoms with Crippen LogP contribution in [0.25, 0.3) is 12.2 Å². The van der Waals surface area contributed by atoms with Crippen molar-refractivity contribution in [2.45, 2.75) is 32.1 Å². The van der Waals surface area contributed by atoms with Crippen molar-refractivity contribution < 1.29 is 38.1 Å². The molecule has 56 heavy (non-hydrogen) atoms. The Hall–Kier alpha value is -4.16. The molecule has 0 aromatic heterocycles. The highest BCUT2D eigenvalue weighted by atomic mass is 32.2. The lowest BCUT2D eigenvalue weighted by molar-refractivity contribution is -0.133. The lowest BCUT2D eigenvalue weighted by Crippen LogP contribution is -2.50. The summed E-state index contributed by atoms with van der Waals surface area (Å²) in [6.07, 6.45) is 6.46. The topological polar surface area (TPSA) is 130 Å². The maximum atomic E-state index is 13.1. The molecule has 4 amide bonds. The van der Waals surface area contributed by atoms with Gasteiger partial charge in [-0.05, 0) is 60.4 Å². The van der Waals surface area contributed by atoms with Gasteiger partial charge < -0.3 is 29.2 Å². The molecule has 0 radical (unpaired) electrons. The largest absolute Gasteiger partial charge is 0.493 e. The summed E-state index contributed by atoms with van der Waals surface area (Å²) >= 11 is 13.4. The molecular weight excluding hydrogens is 795 g/mol. The highest BCUT2D eigenvalue weighted by molar-refractivity contribution is 8.27. The van der Waals surface area contributed by atoms with Gasteiger partial charge in [0, 0.05) is 65.2 Å². The first kappa shape index (κ1) is 43.0. The fraction of sp³-hybridized carbons (Fsp3) is 0.436. The second kappa shape index (κ2) is 20.8. The number of nitrogens with one attached hydrogen (secondary N) is 1. The Balaban J connectivity index is 0.937. The number of thiocarbonyl (C=S) groups is 2. The van der Waals surface area contributed by atoms with Gasteiger partial charge in [0.2, 0.25) is 11.8 Å². The van der Waals surface area contributed by atoms with E-state index < -0.39 is 0 Å². The zero-order valence-electron chi connectivity index (χ0n) is 32.0. The number of ether oxygens (including phenoxy) is 4. The number of piperazine rings is 1. The lowest BCUT2D eigenvalue weighted by atomic mass is 10.1. The molecule has 13 nitrogen and oxygen atoms in total. The van der Waals surface area contributed by atoms with Gasteiger partial charge in [-0.2, -0.15) is 0 Å². The van der Waals surface area contributed by atoms with E-state index in [9.17, 15) is 19.2 Å². The number of rotatable bonds is 18. The van der Waals surface area contributed by atoms with Gasteiger partial charge in [0.25, 0.3) is 11.8 Å². The third kappa shape index (κ3) is 11.2. The summed E-state index contributed by atoms with van der Waals surface area (Å²) in [5.74, 6) is 2.00. The molecule has 0 unspecified atom stereocenters. The van der Waals surface area contributed by atoms with Crippen molar-refractivity contribution in [3.63, 3.8) is 0 Å². The van der Waals surface area contributed by atoms with E-state index in [4.69, 9.17) is 43.4 Å². The van der Waals surface area contributed by atoms with E-state index in [1.165, 1.54) is 28.4 Å². The number of amides is 4. The molecule has 17 heteroatoms. The van der Waals surface area contributed by atoms with Gasteiger partial charge in [0.05, 0.1) is 38.2 Å². The van der Waals surface area contributed by atoms with Crippen LogP contribution in [0.4, 0.5) is 0 Å². The Kier molecular flexibility index (Phi) is 16.0. The van der Waals surface area contributed by atoms with Gasteiger partial charge >= 0.3 is 0 Å². The summed E-state index contributed by atoms with van der Waals surface area (Å²) in [7, 11) is 6.26. The van der Waals surface area contributed by atoms with Crippen LogP contribution in [0.15, 0.2) is 46.2 Å². The monoisotopic (exact) mass is 841 g/mol. The summed E-state index contributed by atoms with van der Waals surface area (Å²) in [6.45, 7) is 4.60. The van der Waals surface area contributed by atoms with Crippen LogP contribution in [0, 0.1) is 0 Å². The summed E-state index contributed by atoms with van der Waals surface area (Å²) in [5.41, 5.74) is 1.59. The van der Waals surface area contributed by atoms with Crippen LogP contribution in [0.2, 0.25) is 0 Å². The quantitative estimate of drug-likeness (QED) is 0.123. The van der Waals surface area contributed by atoms with Crippen LogP contribution < -0.4 is 24.3 Å². The van der Waals surface area contributed by atoms with Crippen LogP contribution in [0.1, 0.15) is 43.2 Å². The number of nitrogens with zero attached hydrogens (tertiary/aromatic N) is 4. The fourth-order valence-corrected chi connectivity index (χ4v) is 8.95. The second-order valence-electron chi connectivity index (χ2n) is 13.0. The summed E-state index contributed by atoms with van der Waals surface area (Å²) in [4.78, 5) is 59.9. The standard InChI is InChI=1S/C39H47N5O8S4/c1-49-28-11-9-26(22-30(28)51-3)24-32-36(47)43(38(53)55-32)15-7-5-6-8-35(46)42-20-18-41(19-21-42)17-14-40-34(45)13-16-44-37(48)33(56-39(44)54)25-27-10-12-29(50-2)31(23-27)52-4/h9-12,22-25H,5-8,13-21H2,1-4H3,(H,40,45). The molecule has 300 valence electrons. The molecule has 3 aliphatic rings. The molecule has 2 aromatic rings. The summed E-state index contributed by atoms with van der Waals surface area (Å²) in [6, 6.07) is 10.9. The molecule has 0 saturated carbocycles. The third-order valence-corrected chi connectivity index (χ3v) is 12.2. The van der Waals surface area contributed by atoms with Gasteiger partial charge in [-0.1, -0.05) is 66.5 Å². The van der Waals surface area contributed by atoms with Crippen molar-refractivity contribution in [3.05, 3.63) is 57.3 Å². The molecule has 0 bridgehead atoms. The van der Waals surface area contributed by atoms with Crippen LogP contribution in [-0.2, 0) is 19.2 Å². The number of carbonyl (C=O) groups excluding carboxylic acids is 4. The van der Waals surface area contributed by atoms with Gasteiger partial charge in [-0.15, -0.1) is 0 Å². The van der Waals surface area contributed by atoms with E-state index in [2.05, 4.69) is 10.2 Å². The number of hydrogen-bond donors (Lipinski definition) is 1. The SMILES string of the molecule is COc1ccc(C=C2SC(=S)N(CCCCCC(=O)N3CCN(CCNC(=O)CCN4C(=O)C(=Cc5ccc(OC)c(OC)c5)SC4=S)CC3)C2=O)cc1OC. The maximum absolute atomic E-state index is 13.1. The van der Waals surface area contributed by atoms with Crippen molar-refractivity contribution in [2.24, 2.45) is 0 Å². The number of unbranched alkanes of at least 4 members (excludes halogenated alkanes) is 2. The van der Waals surface area contributed by atoms with Crippen molar-refractivity contribution in [2.75, 3.05) is 80.8 Å². The van der Waals surface area contributed by atoms with Crippen LogP contribution in [-0.4, -0.2) is 133 Å². The smallest absolute Gasteiger partial charge is 0.266 e. The molecule has 3 aliphatic heterocycles. The molecule has 0 aliphatic carbocycles. The highest BCUT2D eigenvalue weighted by Gasteiger charge is 2.33. The number of hydrogen-bond acceptors (Lipinski definition) is 13. The third-order valence-electron chi connectivity index (χ3n) is 9.47. The Bertz CT molecular complexity index is 1880. The zero-order valence-corrected chi connectivity index (χ0v) is 35.3. The van der Waals surface area contributed by atoms with Gasteiger partial charge in [0.15, 0.2) is 23.0 Å². The van der Waals surface area contributed by atoms with E-state index in [0.29, 0.717) is 80.6 Å². The molecule has 0 atom stereocenters. The molecule has 1 N–H and O–H groups in total. The molecule has 5 rings (SSSR count). The van der Waals surface area contributed by atoms with Crippen LogP contribution >= 0.6 is 48.0 Å². The van der Waals surface area contributed by atoms with E-state index in [-0.39, 0.29) is 36.6 Å². The Morgan fingerprint density at radius 1 is 0.679 bits per heavy atom. The maximum Gasteiger partial charge on any atom is 0.266 e. The summed E-state index contributed by atoms with van der Waals surface area (Å²) in [5, 5.41) is 2.94. The molecule has 3 fully saturated rings. The van der Waals surface area contributed by atoms with Gasteiger partial charge in [0.1, 0.15) is 8.64 Å². The number of methoxy groups -OCH3 is 4. The second-order valence-corrected chi connectivity index (χ2v) is 16.4. The highest BCUT2D eigenvalue weighted by Crippen LogP contribution is 2.36. The lowest BCUT2D eigenvalue weighted by Gasteiger charge is -2.34. The Morgan fingerprint density at radius 2 is 1.20 bits per heavy atom. The minimum absolute atomic E-state index is 0.110. The van der Waals surface area contributed by atoms with Crippen LogP contribution in [0.5, 0.6) is 23.0 Å². The first-order chi connectivity index (χ1) is 27.0. The zero-order chi connectivity index (χ0) is 40.2. The van der Waals surface area contributed by atoms with Crippen LogP contribution in [0.3, 0.4) is 0 Å². The number of benzene rings is 2. The van der Waals surface area contributed by atoms with Crippen molar-refractivity contribution >= 4 is 92.4 Å². The average molecular weight is 842 g/mol. The first-order valence-corrected chi connectivity index (χ1v) is 20.7. The Labute approximate surface area is 347 Å². The predicted molar refractivity (Wildman–Crippen MR) is 228 cm³/mol. The number of thioether (sulfide) groups is 2. The first-order valence-electron chi connectivity index (χ1n) is 18.3. The Morgan fingerprint density at radius 3 is 1.71 bits per heavy atom.